The standard InChI is InChI=1S/C9H11N5S/c1-2-8-13-14-9(15-8)12-5-7-3-10-6-11-4-7/h3-4,6H,2,5H2,1H3,(H,12,14). The fourth-order valence-corrected chi connectivity index (χ4v) is 1.74. The first-order valence-corrected chi connectivity index (χ1v) is 5.50. The van der Waals surface area contributed by atoms with Crippen molar-refractivity contribution in [1.82, 2.24) is 20.2 Å². The number of hydrogen-bond acceptors (Lipinski definition) is 6. The van der Waals surface area contributed by atoms with Gasteiger partial charge in [0.25, 0.3) is 0 Å². The lowest BCUT2D eigenvalue weighted by atomic mass is 10.3. The first-order chi connectivity index (χ1) is 7.38. The molecule has 2 aromatic rings. The van der Waals surface area contributed by atoms with Gasteiger partial charge in [0.15, 0.2) is 0 Å². The monoisotopic (exact) mass is 221 g/mol. The second-order valence-corrected chi connectivity index (χ2v) is 4.02. The van der Waals surface area contributed by atoms with E-state index in [1.54, 1.807) is 23.7 Å². The van der Waals surface area contributed by atoms with Crippen molar-refractivity contribution in [2.45, 2.75) is 19.9 Å². The van der Waals surface area contributed by atoms with Gasteiger partial charge in [0.2, 0.25) is 5.13 Å². The number of aryl methyl sites for hydroxylation is 1. The molecule has 2 rings (SSSR count). The van der Waals surface area contributed by atoms with Crippen LogP contribution in [0.25, 0.3) is 0 Å². The predicted octanol–water partition coefficient (Wildman–Crippen LogP) is 1.50. The van der Waals surface area contributed by atoms with Crippen molar-refractivity contribution in [3.05, 3.63) is 29.3 Å². The van der Waals surface area contributed by atoms with E-state index < -0.39 is 0 Å². The van der Waals surface area contributed by atoms with Crippen molar-refractivity contribution in [3.63, 3.8) is 0 Å². The molecular weight excluding hydrogens is 210 g/mol. The molecular formula is C9H11N5S. The summed E-state index contributed by atoms with van der Waals surface area (Å²) >= 11 is 1.58. The van der Waals surface area contributed by atoms with Crippen molar-refractivity contribution < 1.29 is 0 Å². The van der Waals surface area contributed by atoms with E-state index in [1.807, 2.05) is 0 Å². The first-order valence-electron chi connectivity index (χ1n) is 4.68. The van der Waals surface area contributed by atoms with Crippen molar-refractivity contribution in [1.29, 1.82) is 0 Å². The zero-order valence-corrected chi connectivity index (χ0v) is 9.16. The number of aromatic nitrogens is 4. The van der Waals surface area contributed by atoms with Crippen molar-refractivity contribution in [2.75, 3.05) is 5.32 Å². The van der Waals surface area contributed by atoms with E-state index in [0.29, 0.717) is 6.54 Å². The third kappa shape index (κ3) is 2.69. The second kappa shape index (κ2) is 4.79. The summed E-state index contributed by atoms with van der Waals surface area (Å²) in [6.45, 7) is 2.74. The summed E-state index contributed by atoms with van der Waals surface area (Å²) in [6, 6.07) is 0. The molecule has 0 bridgehead atoms. The zero-order valence-electron chi connectivity index (χ0n) is 8.34. The Morgan fingerprint density at radius 2 is 2.07 bits per heavy atom. The van der Waals surface area contributed by atoms with Crippen LogP contribution in [0, 0.1) is 0 Å². The minimum absolute atomic E-state index is 0.680. The zero-order chi connectivity index (χ0) is 10.5. The number of nitrogens with one attached hydrogen (secondary N) is 1. The molecule has 1 N–H and O–H groups in total. The van der Waals surface area contributed by atoms with Crippen LogP contribution < -0.4 is 5.32 Å². The molecule has 2 heterocycles. The highest BCUT2D eigenvalue weighted by Gasteiger charge is 2.01. The quantitative estimate of drug-likeness (QED) is 0.847. The maximum absolute atomic E-state index is 4.02. The minimum atomic E-state index is 0.680. The van der Waals surface area contributed by atoms with Gasteiger partial charge in [0.1, 0.15) is 11.3 Å². The Balaban J connectivity index is 1.93. The second-order valence-electron chi connectivity index (χ2n) is 2.95. The van der Waals surface area contributed by atoms with Crippen molar-refractivity contribution in [2.24, 2.45) is 0 Å². The Morgan fingerprint density at radius 3 is 2.73 bits per heavy atom. The summed E-state index contributed by atoms with van der Waals surface area (Å²) in [5.74, 6) is 0. The van der Waals surface area contributed by atoms with E-state index in [9.17, 15) is 0 Å². The fourth-order valence-electron chi connectivity index (χ4n) is 1.07. The summed E-state index contributed by atoms with van der Waals surface area (Å²) in [6.07, 6.45) is 6.00. The highest BCUT2D eigenvalue weighted by atomic mass is 32.1. The van der Waals surface area contributed by atoms with Crippen LogP contribution in [0.5, 0.6) is 0 Å². The van der Waals surface area contributed by atoms with Crippen molar-refractivity contribution in [3.8, 4) is 0 Å². The average Bonchev–Trinajstić information content (AvgIpc) is 2.76. The van der Waals surface area contributed by atoms with Gasteiger partial charge >= 0.3 is 0 Å². The van der Waals surface area contributed by atoms with Gasteiger partial charge in [-0.25, -0.2) is 9.97 Å². The van der Waals surface area contributed by atoms with Gasteiger partial charge in [-0.3, -0.25) is 0 Å². The van der Waals surface area contributed by atoms with Crippen LogP contribution in [0.4, 0.5) is 5.13 Å². The Bertz CT molecular complexity index is 413. The van der Waals surface area contributed by atoms with Gasteiger partial charge in [0.05, 0.1) is 0 Å². The number of anilines is 1. The van der Waals surface area contributed by atoms with Gasteiger partial charge in [-0.1, -0.05) is 18.3 Å². The van der Waals surface area contributed by atoms with E-state index >= 15 is 0 Å². The topological polar surface area (TPSA) is 63.6 Å². The normalized spacial score (nSPS) is 10.2. The smallest absolute Gasteiger partial charge is 0.205 e. The third-order valence-electron chi connectivity index (χ3n) is 1.83. The minimum Gasteiger partial charge on any atom is -0.356 e. The molecule has 0 spiro atoms. The van der Waals surface area contributed by atoms with E-state index in [2.05, 4.69) is 32.4 Å². The molecule has 0 aliphatic heterocycles. The van der Waals surface area contributed by atoms with Gasteiger partial charge in [-0.05, 0) is 6.42 Å². The van der Waals surface area contributed by atoms with E-state index in [0.717, 1.165) is 22.1 Å². The van der Waals surface area contributed by atoms with Crippen molar-refractivity contribution >= 4 is 16.5 Å². The van der Waals surface area contributed by atoms with Gasteiger partial charge in [0, 0.05) is 24.5 Å². The average molecular weight is 221 g/mol. The highest BCUT2D eigenvalue weighted by Crippen LogP contribution is 2.15. The molecule has 0 aromatic carbocycles. The SMILES string of the molecule is CCc1nnc(NCc2cncnc2)s1. The molecule has 0 amide bonds. The summed E-state index contributed by atoms with van der Waals surface area (Å²) in [5.41, 5.74) is 1.03. The Kier molecular flexibility index (Phi) is 3.18. The van der Waals surface area contributed by atoms with Gasteiger partial charge < -0.3 is 5.32 Å². The largest absolute Gasteiger partial charge is 0.356 e. The summed E-state index contributed by atoms with van der Waals surface area (Å²) < 4.78 is 0. The summed E-state index contributed by atoms with van der Waals surface area (Å²) in [7, 11) is 0. The van der Waals surface area contributed by atoms with E-state index in [-0.39, 0.29) is 0 Å². The summed E-state index contributed by atoms with van der Waals surface area (Å²) in [4.78, 5) is 7.87. The predicted molar refractivity (Wildman–Crippen MR) is 58.6 cm³/mol. The Morgan fingerprint density at radius 1 is 1.27 bits per heavy atom. The van der Waals surface area contributed by atoms with Crippen LogP contribution in [0.2, 0.25) is 0 Å². The lowest BCUT2D eigenvalue weighted by Gasteiger charge is -1.99. The van der Waals surface area contributed by atoms with Gasteiger partial charge in [-0.2, -0.15) is 0 Å². The number of hydrogen-bond donors (Lipinski definition) is 1. The molecule has 0 atom stereocenters. The maximum Gasteiger partial charge on any atom is 0.205 e. The molecule has 0 saturated carbocycles. The maximum atomic E-state index is 4.02. The van der Waals surface area contributed by atoms with Crippen LogP contribution in [0.15, 0.2) is 18.7 Å². The molecule has 2 aromatic heterocycles. The lowest BCUT2D eigenvalue weighted by Crippen LogP contribution is -1.99. The van der Waals surface area contributed by atoms with Crippen LogP contribution in [-0.4, -0.2) is 20.2 Å². The van der Waals surface area contributed by atoms with E-state index in [4.69, 9.17) is 0 Å². The number of rotatable bonds is 4. The first kappa shape index (κ1) is 9.97. The molecule has 0 radical (unpaired) electrons. The molecule has 0 fully saturated rings. The third-order valence-corrected chi connectivity index (χ3v) is 2.85. The molecule has 5 nitrogen and oxygen atoms in total. The molecule has 6 heteroatoms. The Labute approximate surface area is 91.6 Å². The van der Waals surface area contributed by atoms with Crippen LogP contribution in [-0.2, 0) is 13.0 Å². The molecule has 0 aliphatic carbocycles. The molecule has 0 aliphatic rings. The molecule has 0 unspecified atom stereocenters. The highest BCUT2D eigenvalue weighted by molar-refractivity contribution is 7.15. The van der Waals surface area contributed by atoms with Crippen LogP contribution >= 0.6 is 11.3 Å². The fraction of sp³-hybridized carbons (Fsp3) is 0.333. The van der Waals surface area contributed by atoms with E-state index in [1.165, 1.54) is 6.33 Å². The van der Waals surface area contributed by atoms with Gasteiger partial charge in [-0.15, -0.1) is 10.2 Å². The van der Waals surface area contributed by atoms with Crippen LogP contribution in [0.3, 0.4) is 0 Å². The van der Waals surface area contributed by atoms with Crippen LogP contribution in [0.1, 0.15) is 17.5 Å². The molecule has 15 heavy (non-hydrogen) atoms. The summed E-state index contributed by atoms with van der Waals surface area (Å²) in [5, 5.41) is 13.1. The Hall–Kier alpha value is -1.56. The molecule has 0 saturated heterocycles. The molecule has 78 valence electrons. The number of nitrogens with zero attached hydrogens (tertiary/aromatic N) is 4. The lowest BCUT2D eigenvalue weighted by molar-refractivity contribution is 0.971.